The number of hydrogen-bond acceptors (Lipinski definition) is 8. The number of alkyl halides is 3. The standard InChI is InChI=1S/C30H29F5N6O2S2/c1-2-3-4-11-24-40-26(27(44-24)23-14-17-37-29(39-23)38-18-12-15-36-16-13-18)19-7-5-10-22(25(19)32)41-45(42,43)28-20(30(33,34)35)8-6-9-21(28)31/h2,5-10,14,17-18,36,41H,1,3-4,11-13,15-16H2,(H,37,38,39). The lowest BCUT2D eigenvalue weighted by molar-refractivity contribution is -0.140. The second-order valence-corrected chi connectivity index (χ2v) is 13.0. The molecule has 1 saturated heterocycles. The van der Waals surface area contributed by atoms with Crippen LogP contribution in [0, 0.1) is 11.6 Å². The molecule has 1 aliphatic heterocycles. The molecule has 2 aromatic carbocycles. The van der Waals surface area contributed by atoms with Gasteiger partial charge < -0.3 is 10.6 Å². The molecule has 0 atom stereocenters. The van der Waals surface area contributed by atoms with Crippen molar-refractivity contribution >= 4 is 33.0 Å². The van der Waals surface area contributed by atoms with Crippen molar-refractivity contribution in [3.05, 3.63) is 83.5 Å². The largest absolute Gasteiger partial charge is 0.417 e. The maximum Gasteiger partial charge on any atom is 0.417 e. The van der Waals surface area contributed by atoms with Gasteiger partial charge in [-0.15, -0.1) is 17.9 Å². The Kier molecular flexibility index (Phi) is 9.79. The Hall–Kier alpha value is -3.95. The summed E-state index contributed by atoms with van der Waals surface area (Å²) in [5.41, 5.74) is -1.88. The smallest absolute Gasteiger partial charge is 0.351 e. The minimum absolute atomic E-state index is 0.118. The van der Waals surface area contributed by atoms with Crippen LogP contribution in [0.2, 0.25) is 0 Å². The quantitative estimate of drug-likeness (QED) is 0.0897. The number of aryl methyl sites for hydroxylation is 1. The van der Waals surface area contributed by atoms with Crippen LogP contribution in [-0.2, 0) is 22.6 Å². The van der Waals surface area contributed by atoms with E-state index in [0.717, 1.165) is 50.9 Å². The second-order valence-electron chi connectivity index (χ2n) is 10.3. The Bertz CT molecular complexity index is 1790. The van der Waals surface area contributed by atoms with E-state index in [1.165, 1.54) is 23.5 Å². The molecule has 3 heterocycles. The predicted molar refractivity (Wildman–Crippen MR) is 163 cm³/mol. The first-order chi connectivity index (χ1) is 21.5. The molecule has 0 saturated carbocycles. The van der Waals surface area contributed by atoms with Crippen molar-refractivity contribution in [3.8, 4) is 21.8 Å². The molecule has 5 rings (SSSR count). The van der Waals surface area contributed by atoms with Gasteiger partial charge in [0.1, 0.15) is 10.7 Å². The molecular weight excluding hydrogens is 635 g/mol. The van der Waals surface area contributed by atoms with Gasteiger partial charge in [-0.2, -0.15) is 13.2 Å². The number of nitrogens with zero attached hydrogens (tertiary/aromatic N) is 3. The molecular formula is C30H29F5N6O2S2. The third-order valence-electron chi connectivity index (χ3n) is 7.07. The Morgan fingerprint density at radius 2 is 1.82 bits per heavy atom. The van der Waals surface area contributed by atoms with E-state index in [4.69, 9.17) is 0 Å². The number of halogens is 5. The van der Waals surface area contributed by atoms with Crippen LogP contribution in [-0.4, -0.2) is 42.5 Å². The molecule has 0 unspecified atom stereocenters. The highest BCUT2D eigenvalue weighted by Crippen LogP contribution is 2.40. The van der Waals surface area contributed by atoms with Gasteiger partial charge in [-0.3, -0.25) is 4.72 Å². The van der Waals surface area contributed by atoms with E-state index >= 15 is 4.39 Å². The summed E-state index contributed by atoms with van der Waals surface area (Å²) in [5, 5.41) is 7.29. The summed E-state index contributed by atoms with van der Waals surface area (Å²) in [4.78, 5) is 12.5. The number of benzene rings is 2. The average molecular weight is 665 g/mol. The van der Waals surface area contributed by atoms with Crippen LogP contribution >= 0.6 is 11.3 Å². The van der Waals surface area contributed by atoms with Crippen LogP contribution in [0.5, 0.6) is 0 Å². The number of unbranched alkanes of at least 4 members (excludes halogenated alkanes) is 1. The number of rotatable bonds is 11. The summed E-state index contributed by atoms with van der Waals surface area (Å²) in [6.07, 6.45) is 1.95. The van der Waals surface area contributed by atoms with Gasteiger partial charge in [-0.05, 0) is 75.5 Å². The van der Waals surface area contributed by atoms with Crippen molar-refractivity contribution in [2.24, 2.45) is 0 Å². The van der Waals surface area contributed by atoms with Crippen molar-refractivity contribution < 1.29 is 30.4 Å². The summed E-state index contributed by atoms with van der Waals surface area (Å²) < 4.78 is 99.3. The summed E-state index contributed by atoms with van der Waals surface area (Å²) in [6.45, 7) is 5.45. The van der Waals surface area contributed by atoms with Crippen molar-refractivity contribution in [2.75, 3.05) is 23.1 Å². The lowest BCUT2D eigenvalue weighted by Gasteiger charge is -2.23. The van der Waals surface area contributed by atoms with Crippen molar-refractivity contribution in [2.45, 2.75) is 49.2 Å². The van der Waals surface area contributed by atoms with Gasteiger partial charge in [0, 0.05) is 17.8 Å². The summed E-state index contributed by atoms with van der Waals surface area (Å²) >= 11 is 1.29. The van der Waals surface area contributed by atoms with Crippen LogP contribution in [0.4, 0.5) is 33.6 Å². The Morgan fingerprint density at radius 1 is 1.07 bits per heavy atom. The zero-order valence-electron chi connectivity index (χ0n) is 23.8. The molecule has 2 aromatic heterocycles. The number of hydrogen-bond donors (Lipinski definition) is 3. The first-order valence-electron chi connectivity index (χ1n) is 14.1. The highest BCUT2D eigenvalue weighted by Gasteiger charge is 2.39. The summed E-state index contributed by atoms with van der Waals surface area (Å²) in [7, 11) is -5.22. The van der Waals surface area contributed by atoms with Crippen LogP contribution in [0.3, 0.4) is 0 Å². The Morgan fingerprint density at radius 3 is 2.56 bits per heavy atom. The monoisotopic (exact) mass is 664 g/mol. The fraction of sp³-hybridized carbons (Fsp3) is 0.300. The Balaban J connectivity index is 1.54. The highest BCUT2D eigenvalue weighted by molar-refractivity contribution is 7.92. The number of sulfonamides is 1. The molecule has 1 aliphatic rings. The molecule has 238 valence electrons. The van der Waals surface area contributed by atoms with Crippen LogP contribution in [0.15, 0.2) is 66.2 Å². The molecule has 4 aromatic rings. The first-order valence-corrected chi connectivity index (χ1v) is 16.4. The van der Waals surface area contributed by atoms with Gasteiger partial charge in [0.2, 0.25) is 5.95 Å². The van der Waals surface area contributed by atoms with Gasteiger partial charge in [-0.1, -0.05) is 18.2 Å². The van der Waals surface area contributed by atoms with Crippen LogP contribution < -0.4 is 15.4 Å². The number of aromatic nitrogens is 3. The third kappa shape index (κ3) is 7.48. The summed E-state index contributed by atoms with van der Waals surface area (Å²) in [5.74, 6) is -2.34. The normalized spacial score (nSPS) is 14.3. The number of anilines is 2. The van der Waals surface area contributed by atoms with Crippen LogP contribution in [0.25, 0.3) is 21.8 Å². The molecule has 0 bridgehead atoms. The molecule has 3 N–H and O–H groups in total. The lowest BCUT2D eigenvalue weighted by Crippen LogP contribution is -2.35. The predicted octanol–water partition coefficient (Wildman–Crippen LogP) is 7.04. The molecule has 15 heteroatoms. The van der Waals surface area contributed by atoms with Gasteiger partial charge in [-0.25, -0.2) is 32.2 Å². The topological polar surface area (TPSA) is 109 Å². The number of allylic oxidation sites excluding steroid dienone is 1. The van der Waals surface area contributed by atoms with E-state index < -0.39 is 44.0 Å². The lowest BCUT2D eigenvalue weighted by atomic mass is 10.1. The Labute approximate surface area is 260 Å². The minimum Gasteiger partial charge on any atom is -0.351 e. The van der Waals surface area contributed by atoms with E-state index in [9.17, 15) is 26.0 Å². The fourth-order valence-electron chi connectivity index (χ4n) is 4.92. The SMILES string of the molecule is C=CCCCc1nc(-c2cccc(NS(=O)(=O)c3c(F)cccc3C(F)(F)F)c2F)c(-c2ccnc(NC3CCNCC3)n2)s1. The zero-order chi connectivity index (χ0) is 32.2. The maximum absolute atomic E-state index is 16.1. The van der Waals surface area contributed by atoms with Gasteiger partial charge in [0.15, 0.2) is 5.82 Å². The zero-order valence-corrected chi connectivity index (χ0v) is 25.4. The highest BCUT2D eigenvalue weighted by atomic mass is 32.2. The molecule has 1 fully saturated rings. The van der Waals surface area contributed by atoms with E-state index in [-0.39, 0.29) is 17.3 Å². The minimum atomic E-state index is -5.22. The molecule has 0 radical (unpaired) electrons. The maximum atomic E-state index is 16.1. The van der Waals surface area contributed by atoms with E-state index in [1.54, 1.807) is 18.3 Å². The van der Waals surface area contributed by atoms with E-state index in [0.29, 0.717) is 40.1 Å². The van der Waals surface area contributed by atoms with Gasteiger partial charge in [0.05, 0.1) is 32.5 Å². The first kappa shape index (κ1) is 32.4. The molecule has 45 heavy (non-hydrogen) atoms. The van der Waals surface area contributed by atoms with E-state index in [2.05, 4.69) is 32.2 Å². The number of thiazole rings is 1. The van der Waals surface area contributed by atoms with Crippen LogP contribution in [0.1, 0.15) is 36.3 Å². The van der Waals surface area contributed by atoms with Gasteiger partial charge in [0.25, 0.3) is 10.0 Å². The van der Waals surface area contributed by atoms with E-state index in [1.807, 2.05) is 4.72 Å². The average Bonchev–Trinajstić information content (AvgIpc) is 3.42. The number of nitrogens with one attached hydrogen (secondary N) is 3. The van der Waals surface area contributed by atoms with Crippen molar-refractivity contribution in [3.63, 3.8) is 0 Å². The summed E-state index contributed by atoms with van der Waals surface area (Å²) in [6, 6.07) is 7.33. The molecule has 0 spiro atoms. The van der Waals surface area contributed by atoms with Crippen molar-refractivity contribution in [1.82, 2.24) is 20.3 Å². The molecule has 8 nitrogen and oxygen atoms in total. The molecule has 0 amide bonds. The number of piperidine rings is 1. The van der Waals surface area contributed by atoms with Crippen molar-refractivity contribution in [1.29, 1.82) is 0 Å². The van der Waals surface area contributed by atoms with Gasteiger partial charge >= 0.3 is 6.18 Å². The third-order valence-corrected chi connectivity index (χ3v) is 9.65. The second kappa shape index (κ2) is 13.6. The molecule has 0 aliphatic carbocycles. The fourth-order valence-corrected chi connectivity index (χ4v) is 7.36.